The van der Waals surface area contributed by atoms with E-state index in [1.165, 1.54) is 6.92 Å². The van der Waals surface area contributed by atoms with Gasteiger partial charge in [-0.3, -0.25) is 19.3 Å². The monoisotopic (exact) mass is 285 g/mol. The Hall–Kier alpha value is -1.47. The van der Waals surface area contributed by atoms with E-state index in [0.29, 0.717) is 32.5 Å². The predicted molar refractivity (Wildman–Crippen MR) is 73.3 cm³/mol. The first-order valence-corrected chi connectivity index (χ1v) is 6.83. The van der Waals surface area contributed by atoms with Crippen LogP contribution < -0.4 is 10.6 Å². The lowest BCUT2D eigenvalue weighted by Crippen LogP contribution is -2.47. The molecule has 0 aliphatic carbocycles. The number of rotatable bonds is 7. The van der Waals surface area contributed by atoms with Gasteiger partial charge in [0.1, 0.15) is 5.78 Å². The molecule has 1 heterocycles. The van der Waals surface area contributed by atoms with Crippen LogP contribution in [0.5, 0.6) is 0 Å². The topological polar surface area (TPSA) is 98.7 Å². The largest absolute Gasteiger partial charge is 0.480 e. The SMILES string of the molecule is CN[C@@H](CNC(=O)C1CCN(CC(=O)O)CC1)C(C)=O. The lowest BCUT2D eigenvalue weighted by Gasteiger charge is -2.30. The fourth-order valence-electron chi connectivity index (χ4n) is 2.34. The smallest absolute Gasteiger partial charge is 0.317 e. The summed E-state index contributed by atoms with van der Waals surface area (Å²) in [5.74, 6) is -0.999. The average Bonchev–Trinajstić information content (AvgIpc) is 2.39. The Labute approximate surface area is 118 Å². The van der Waals surface area contributed by atoms with Crippen LogP contribution >= 0.6 is 0 Å². The summed E-state index contributed by atoms with van der Waals surface area (Å²) in [6.07, 6.45) is 1.31. The van der Waals surface area contributed by atoms with Gasteiger partial charge in [0.25, 0.3) is 0 Å². The molecule has 114 valence electrons. The molecule has 3 N–H and O–H groups in total. The fourth-order valence-corrected chi connectivity index (χ4v) is 2.34. The van der Waals surface area contributed by atoms with Gasteiger partial charge >= 0.3 is 5.97 Å². The third kappa shape index (κ3) is 5.26. The van der Waals surface area contributed by atoms with Crippen molar-refractivity contribution < 1.29 is 19.5 Å². The number of nitrogens with zero attached hydrogens (tertiary/aromatic N) is 1. The maximum Gasteiger partial charge on any atom is 0.317 e. The number of likely N-dealkylation sites (N-methyl/N-ethyl adjacent to an activating group) is 1. The highest BCUT2D eigenvalue weighted by Gasteiger charge is 2.26. The minimum atomic E-state index is -0.841. The van der Waals surface area contributed by atoms with E-state index < -0.39 is 5.97 Å². The van der Waals surface area contributed by atoms with Gasteiger partial charge in [0.2, 0.25) is 5.91 Å². The highest BCUT2D eigenvalue weighted by molar-refractivity contribution is 5.83. The molecule has 1 atom stereocenters. The van der Waals surface area contributed by atoms with Crippen LogP contribution in [0.25, 0.3) is 0 Å². The first kappa shape index (κ1) is 16.6. The molecule has 0 aromatic rings. The van der Waals surface area contributed by atoms with Crippen molar-refractivity contribution in [2.75, 3.05) is 33.2 Å². The number of ketones is 1. The number of Topliss-reactive ketones (excluding diaryl/α,β-unsaturated/α-hetero) is 1. The Morgan fingerprint density at radius 2 is 1.90 bits per heavy atom. The number of hydrogen-bond donors (Lipinski definition) is 3. The molecular formula is C13H23N3O4. The van der Waals surface area contributed by atoms with Crippen LogP contribution in [0.1, 0.15) is 19.8 Å². The van der Waals surface area contributed by atoms with Crippen LogP contribution in [0, 0.1) is 5.92 Å². The van der Waals surface area contributed by atoms with Crippen LogP contribution in [0.15, 0.2) is 0 Å². The Morgan fingerprint density at radius 3 is 2.35 bits per heavy atom. The van der Waals surface area contributed by atoms with E-state index in [1.54, 1.807) is 7.05 Å². The second-order valence-electron chi connectivity index (χ2n) is 5.14. The second kappa shape index (κ2) is 7.96. The maximum atomic E-state index is 12.0. The standard InChI is InChI=1S/C13H23N3O4/c1-9(17)11(14-2)7-15-13(20)10-3-5-16(6-4-10)8-12(18)19/h10-11,14H,3-8H2,1-2H3,(H,15,20)(H,18,19)/t11-/m0/s1. The zero-order valence-corrected chi connectivity index (χ0v) is 12.0. The number of hydrogen-bond acceptors (Lipinski definition) is 5. The fraction of sp³-hybridized carbons (Fsp3) is 0.769. The number of nitrogens with one attached hydrogen (secondary N) is 2. The average molecular weight is 285 g/mol. The Kier molecular flexibility index (Phi) is 6.60. The van der Waals surface area contributed by atoms with E-state index in [9.17, 15) is 14.4 Å². The molecule has 1 rings (SSSR count). The first-order valence-electron chi connectivity index (χ1n) is 6.83. The molecule has 0 unspecified atom stereocenters. The number of aliphatic carboxylic acids is 1. The molecule has 20 heavy (non-hydrogen) atoms. The van der Waals surface area contributed by atoms with Gasteiger partial charge in [-0.15, -0.1) is 0 Å². The Morgan fingerprint density at radius 1 is 1.30 bits per heavy atom. The number of carbonyl (C=O) groups excluding carboxylic acids is 2. The van der Waals surface area contributed by atoms with Crippen LogP contribution in [0.2, 0.25) is 0 Å². The zero-order valence-electron chi connectivity index (χ0n) is 12.0. The van der Waals surface area contributed by atoms with Gasteiger partial charge in [0.15, 0.2) is 0 Å². The molecule has 0 aromatic carbocycles. The van der Waals surface area contributed by atoms with Crippen molar-refractivity contribution in [2.45, 2.75) is 25.8 Å². The lowest BCUT2D eigenvalue weighted by molar-refractivity contribution is -0.138. The Bertz CT molecular complexity index is 365. The van der Waals surface area contributed by atoms with Crippen molar-refractivity contribution in [3.8, 4) is 0 Å². The molecule has 7 heteroatoms. The number of piperidine rings is 1. The van der Waals surface area contributed by atoms with Crippen molar-refractivity contribution in [3.05, 3.63) is 0 Å². The van der Waals surface area contributed by atoms with Gasteiger partial charge in [0, 0.05) is 12.5 Å². The molecule has 1 amide bonds. The van der Waals surface area contributed by atoms with Gasteiger partial charge in [-0.25, -0.2) is 0 Å². The summed E-state index contributed by atoms with van der Waals surface area (Å²) in [5.41, 5.74) is 0. The number of carboxylic acid groups (broad SMARTS) is 1. The third-order valence-electron chi connectivity index (χ3n) is 3.64. The summed E-state index contributed by atoms with van der Waals surface area (Å²) in [4.78, 5) is 35.6. The highest BCUT2D eigenvalue weighted by Crippen LogP contribution is 2.16. The van der Waals surface area contributed by atoms with Gasteiger partial charge in [-0.05, 0) is 39.9 Å². The summed E-state index contributed by atoms with van der Waals surface area (Å²) >= 11 is 0. The molecule has 0 radical (unpaired) electrons. The first-order chi connectivity index (χ1) is 9.43. The van der Waals surface area contributed by atoms with Gasteiger partial charge in [-0.2, -0.15) is 0 Å². The normalized spacial score (nSPS) is 18.5. The van der Waals surface area contributed by atoms with Crippen molar-refractivity contribution >= 4 is 17.7 Å². The number of likely N-dealkylation sites (tertiary alicyclic amines) is 1. The highest BCUT2D eigenvalue weighted by atomic mass is 16.4. The minimum absolute atomic E-state index is 0.0101. The summed E-state index contributed by atoms with van der Waals surface area (Å²) in [6, 6.07) is -0.356. The minimum Gasteiger partial charge on any atom is -0.480 e. The van der Waals surface area contributed by atoms with E-state index in [1.807, 2.05) is 4.90 Å². The molecule has 0 aromatic heterocycles. The van der Waals surface area contributed by atoms with Crippen molar-refractivity contribution in [1.29, 1.82) is 0 Å². The summed E-state index contributed by atoms with van der Waals surface area (Å²) in [7, 11) is 1.68. The van der Waals surface area contributed by atoms with Crippen LogP contribution in [-0.2, 0) is 14.4 Å². The van der Waals surface area contributed by atoms with E-state index in [0.717, 1.165) is 0 Å². The van der Waals surface area contributed by atoms with Crippen LogP contribution in [0.3, 0.4) is 0 Å². The quantitative estimate of drug-likeness (QED) is 0.559. The van der Waals surface area contributed by atoms with E-state index in [2.05, 4.69) is 10.6 Å². The molecule has 0 spiro atoms. The molecule has 0 saturated carbocycles. The van der Waals surface area contributed by atoms with E-state index in [-0.39, 0.29) is 30.2 Å². The molecule has 1 saturated heterocycles. The van der Waals surface area contributed by atoms with E-state index in [4.69, 9.17) is 5.11 Å². The number of amides is 1. The van der Waals surface area contributed by atoms with Crippen molar-refractivity contribution in [1.82, 2.24) is 15.5 Å². The molecule has 1 fully saturated rings. The predicted octanol–water partition coefficient (Wildman–Crippen LogP) is -0.924. The second-order valence-corrected chi connectivity index (χ2v) is 5.14. The molecule has 1 aliphatic rings. The van der Waals surface area contributed by atoms with E-state index >= 15 is 0 Å². The summed E-state index contributed by atoms with van der Waals surface area (Å²) in [6.45, 7) is 3.04. The van der Waals surface area contributed by atoms with Crippen LogP contribution in [0.4, 0.5) is 0 Å². The van der Waals surface area contributed by atoms with Gasteiger partial charge in [0.05, 0.1) is 12.6 Å². The van der Waals surface area contributed by atoms with Gasteiger partial charge < -0.3 is 15.7 Å². The maximum absolute atomic E-state index is 12.0. The van der Waals surface area contributed by atoms with Crippen molar-refractivity contribution in [3.63, 3.8) is 0 Å². The molecule has 7 nitrogen and oxygen atoms in total. The third-order valence-corrected chi connectivity index (χ3v) is 3.64. The van der Waals surface area contributed by atoms with Gasteiger partial charge in [-0.1, -0.05) is 0 Å². The summed E-state index contributed by atoms with van der Waals surface area (Å²) < 4.78 is 0. The summed E-state index contributed by atoms with van der Waals surface area (Å²) in [5, 5.41) is 14.3. The molecule has 0 bridgehead atoms. The Balaban J connectivity index is 2.32. The number of carboxylic acids is 1. The number of carbonyl (C=O) groups is 3. The van der Waals surface area contributed by atoms with Crippen LogP contribution in [-0.4, -0.2) is 66.9 Å². The zero-order chi connectivity index (χ0) is 15.1. The lowest BCUT2D eigenvalue weighted by atomic mass is 9.96. The molecule has 1 aliphatic heterocycles. The molecular weight excluding hydrogens is 262 g/mol. The van der Waals surface area contributed by atoms with Crippen molar-refractivity contribution in [2.24, 2.45) is 5.92 Å².